The molecule has 6 aromatic rings. The maximum absolute atomic E-state index is 2.97. The molecule has 0 amide bonds. The van der Waals surface area contributed by atoms with Gasteiger partial charge in [0.15, 0.2) is 0 Å². The standard InChI is InChI=1S/2C16H13.2CH3.2ClH.Si.Ti/c2*1-12-9-14-7-8-15(11-16(14)10-12)13-5-3-2-4-6-13;;;;;;/h2*2-11H,1H3;2*1H3;2*1H;;/q4*-1;;;;+2/p-2. The van der Waals surface area contributed by atoms with Gasteiger partial charge in [0.25, 0.3) is 0 Å². The molecule has 0 spiro atoms. The van der Waals surface area contributed by atoms with E-state index in [1.165, 1.54) is 54.9 Å². The van der Waals surface area contributed by atoms with E-state index in [0.29, 0.717) is 0 Å². The topological polar surface area (TPSA) is 0 Å². The summed E-state index contributed by atoms with van der Waals surface area (Å²) in [6, 6.07) is 43.2. The predicted octanol–water partition coefficient (Wildman–Crippen LogP) is 3.59. The van der Waals surface area contributed by atoms with Crippen molar-refractivity contribution in [2.45, 2.75) is 13.8 Å². The number of halogens is 2. The molecule has 0 saturated heterocycles. The molecule has 0 bridgehead atoms. The fraction of sp³-hybridized carbons (Fsp3) is 0.0588. The van der Waals surface area contributed by atoms with E-state index in [4.69, 9.17) is 0 Å². The Morgan fingerprint density at radius 1 is 0.474 bits per heavy atom. The second kappa shape index (κ2) is 17.2. The molecule has 0 aliphatic heterocycles. The first kappa shape index (κ1) is 35.6. The molecule has 0 aliphatic rings. The molecular weight excluding hydrogens is 555 g/mol. The van der Waals surface area contributed by atoms with E-state index < -0.39 is 0 Å². The summed E-state index contributed by atoms with van der Waals surface area (Å²) < 4.78 is 0. The number of fused-ring (bicyclic) bond motifs is 2. The summed E-state index contributed by atoms with van der Waals surface area (Å²) in [7, 11) is 2.97. The molecule has 0 unspecified atom stereocenters. The van der Waals surface area contributed by atoms with Crippen LogP contribution < -0.4 is 24.8 Å². The van der Waals surface area contributed by atoms with Crippen molar-refractivity contribution in [1.82, 2.24) is 0 Å². The first-order valence-electron chi connectivity index (χ1n) is 11.4. The fourth-order valence-corrected chi connectivity index (χ4v) is 4.35. The third-order valence-electron chi connectivity index (χ3n) is 5.92. The summed E-state index contributed by atoms with van der Waals surface area (Å²) in [5.41, 5.74) is 7.81. The summed E-state index contributed by atoms with van der Waals surface area (Å²) in [6.45, 7) is 4.28. The SMILES string of the molecule is Cc1cc2cc(-c3ccccc3)ccc2[cH-]1.Cc1cc2cc(-c3ccccc3)ccc2[cH-]1.[CH3-].[CH3-].[Cl-].[Cl-].[Si]=[Ti+2]. The van der Waals surface area contributed by atoms with Crippen molar-refractivity contribution in [3.05, 3.63) is 147 Å². The van der Waals surface area contributed by atoms with Crippen LogP contribution in [0.4, 0.5) is 0 Å². The van der Waals surface area contributed by atoms with Gasteiger partial charge in [-0.05, 0) is 22.3 Å². The van der Waals surface area contributed by atoms with Crippen LogP contribution in [0.25, 0.3) is 43.8 Å². The maximum atomic E-state index is 2.97. The first-order chi connectivity index (χ1) is 16.7. The zero-order valence-electron chi connectivity index (χ0n) is 22.3. The van der Waals surface area contributed by atoms with Gasteiger partial charge < -0.3 is 39.7 Å². The van der Waals surface area contributed by atoms with Crippen molar-refractivity contribution in [1.29, 1.82) is 0 Å². The van der Waals surface area contributed by atoms with Gasteiger partial charge in [-0.2, -0.15) is 12.1 Å². The summed E-state index contributed by atoms with van der Waals surface area (Å²) in [4.78, 5) is 0. The van der Waals surface area contributed by atoms with E-state index in [1.54, 1.807) is 19.2 Å². The molecule has 0 saturated carbocycles. The average Bonchev–Trinajstić information content (AvgIpc) is 3.46. The number of benzene rings is 4. The molecule has 0 fully saturated rings. The zero-order chi connectivity index (χ0) is 23.9. The summed E-state index contributed by atoms with van der Waals surface area (Å²) in [6.07, 6.45) is 0. The van der Waals surface area contributed by atoms with Gasteiger partial charge >= 0.3 is 26.8 Å². The predicted molar refractivity (Wildman–Crippen MR) is 158 cm³/mol. The Bertz CT molecular complexity index is 1390. The van der Waals surface area contributed by atoms with Crippen molar-refractivity contribution in [2.24, 2.45) is 0 Å². The van der Waals surface area contributed by atoms with E-state index in [1.807, 2.05) is 0 Å². The van der Waals surface area contributed by atoms with Gasteiger partial charge in [-0.3, -0.25) is 0 Å². The van der Waals surface area contributed by atoms with Gasteiger partial charge in [0.2, 0.25) is 0 Å². The number of hydrogen-bond donors (Lipinski definition) is 0. The monoisotopic (exact) mass is 586 g/mol. The van der Waals surface area contributed by atoms with Crippen LogP contribution in [0.1, 0.15) is 11.1 Å². The molecule has 0 heterocycles. The van der Waals surface area contributed by atoms with E-state index >= 15 is 0 Å². The van der Waals surface area contributed by atoms with Gasteiger partial charge in [0.05, 0.1) is 0 Å². The molecule has 0 aliphatic carbocycles. The molecule has 6 rings (SSSR count). The minimum atomic E-state index is 0. The molecule has 6 aromatic carbocycles. The number of hydrogen-bond acceptors (Lipinski definition) is 0. The Labute approximate surface area is 255 Å². The number of rotatable bonds is 2. The molecule has 0 nitrogen and oxygen atoms in total. The molecule has 2 radical (unpaired) electrons. The normalized spacial score (nSPS) is 9.26. The van der Waals surface area contributed by atoms with E-state index in [0.717, 1.165) is 0 Å². The van der Waals surface area contributed by atoms with Crippen molar-refractivity contribution in [2.75, 3.05) is 0 Å². The van der Waals surface area contributed by atoms with Crippen LogP contribution >= 0.6 is 0 Å². The van der Waals surface area contributed by atoms with Crippen molar-refractivity contribution in [3.63, 3.8) is 0 Å². The molecule has 38 heavy (non-hydrogen) atoms. The summed E-state index contributed by atoms with van der Waals surface area (Å²) in [5.74, 6) is 0. The van der Waals surface area contributed by atoms with Gasteiger partial charge in [-0.1, -0.05) is 98.8 Å². The van der Waals surface area contributed by atoms with Crippen LogP contribution in [0.3, 0.4) is 0 Å². The van der Waals surface area contributed by atoms with E-state index in [2.05, 4.69) is 143 Å². The zero-order valence-corrected chi connectivity index (χ0v) is 26.4. The fourth-order valence-electron chi connectivity index (χ4n) is 4.35. The molecular formula is C34H32Cl2SiTi-4. The van der Waals surface area contributed by atoms with Crippen LogP contribution in [0.2, 0.25) is 0 Å². The Hall–Kier alpha value is -2.39. The van der Waals surface area contributed by atoms with Crippen molar-refractivity contribution >= 4 is 29.2 Å². The molecule has 4 heteroatoms. The molecule has 0 aromatic heterocycles. The number of aryl methyl sites for hydroxylation is 2. The summed E-state index contributed by atoms with van der Waals surface area (Å²) >= 11 is 1.81. The third kappa shape index (κ3) is 8.83. The van der Waals surface area contributed by atoms with Crippen LogP contribution in [0.15, 0.2) is 121 Å². The molecule has 0 N–H and O–H groups in total. The second-order valence-corrected chi connectivity index (χ2v) is 8.48. The average molecular weight is 587 g/mol. The van der Waals surface area contributed by atoms with Crippen LogP contribution in [-0.4, -0.2) is 7.63 Å². The van der Waals surface area contributed by atoms with Crippen LogP contribution in [0, 0.1) is 28.7 Å². The van der Waals surface area contributed by atoms with E-state index in [-0.39, 0.29) is 39.7 Å². The minimum absolute atomic E-state index is 0. The van der Waals surface area contributed by atoms with Gasteiger partial charge in [-0.25, -0.2) is 0 Å². The van der Waals surface area contributed by atoms with Gasteiger partial charge in [0.1, 0.15) is 0 Å². The van der Waals surface area contributed by atoms with Crippen LogP contribution in [-0.2, 0) is 19.2 Å². The first-order valence-corrected chi connectivity index (χ1v) is 14.2. The van der Waals surface area contributed by atoms with Crippen molar-refractivity contribution in [3.8, 4) is 22.3 Å². The van der Waals surface area contributed by atoms with E-state index in [9.17, 15) is 0 Å². The second-order valence-electron chi connectivity index (χ2n) is 8.48. The quantitative estimate of drug-likeness (QED) is 0.215. The Morgan fingerprint density at radius 2 is 0.816 bits per heavy atom. The van der Waals surface area contributed by atoms with Gasteiger partial charge in [-0.15, -0.1) is 56.9 Å². The Morgan fingerprint density at radius 3 is 1.16 bits per heavy atom. The molecule has 0 atom stereocenters. The Balaban J connectivity index is 0.000000616. The van der Waals surface area contributed by atoms with Gasteiger partial charge in [0, 0.05) is 0 Å². The molecule has 194 valence electrons. The van der Waals surface area contributed by atoms with Crippen LogP contribution in [0.5, 0.6) is 0 Å². The summed E-state index contributed by atoms with van der Waals surface area (Å²) in [5, 5.41) is 5.33. The third-order valence-corrected chi connectivity index (χ3v) is 5.92. The Kier molecular flexibility index (Phi) is 16.2. The van der Waals surface area contributed by atoms with Crippen molar-refractivity contribution < 1.29 is 44.0 Å².